The number of tetrazole rings is 1. The Morgan fingerprint density at radius 2 is 1.90 bits per heavy atom. The van der Waals surface area contributed by atoms with Gasteiger partial charge in [-0.15, -0.1) is 10.2 Å². The molecule has 1 aromatic carbocycles. The predicted molar refractivity (Wildman–Crippen MR) is 82.3 cm³/mol. The topological polar surface area (TPSA) is 81.7 Å². The monoisotopic (exact) mass is 288 g/mol. The minimum absolute atomic E-state index is 0.0464. The van der Waals surface area contributed by atoms with Crippen LogP contribution in [0.2, 0.25) is 0 Å². The zero-order valence-corrected chi connectivity index (χ0v) is 13.0. The number of aromatic nitrogens is 4. The molecule has 2 aromatic rings. The number of hydrazine groups is 1. The Kier molecular flexibility index (Phi) is 5.03. The lowest BCUT2D eigenvalue weighted by molar-refractivity contribution is 0.267. The fourth-order valence-corrected chi connectivity index (χ4v) is 3.12. The SMILES string of the molecule is CCC(CC)(c1ccccc1)C(Cc1nnn(C)n1)NN. The number of aryl methyl sites for hydroxylation is 1. The van der Waals surface area contributed by atoms with Gasteiger partial charge in [0.2, 0.25) is 0 Å². The summed E-state index contributed by atoms with van der Waals surface area (Å²) in [4.78, 5) is 1.48. The molecule has 0 radical (unpaired) electrons. The van der Waals surface area contributed by atoms with E-state index in [1.807, 2.05) is 6.07 Å². The van der Waals surface area contributed by atoms with Gasteiger partial charge in [-0.05, 0) is 23.6 Å². The second-order valence-corrected chi connectivity index (χ2v) is 5.35. The van der Waals surface area contributed by atoms with Crippen molar-refractivity contribution in [1.29, 1.82) is 0 Å². The first-order chi connectivity index (χ1) is 10.2. The Labute approximate surface area is 125 Å². The Bertz CT molecular complexity index is 546. The number of hydrogen-bond donors (Lipinski definition) is 2. The van der Waals surface area contributed by atoms with Crippen LogP contribution in [0.25, 0.3) is 0 Å². The van der Waals surface area contributed by atoms with Crippen molar-refractivity contribution in [3.8, 4) is 0 Å². The third-order valence-corrected chi connectivity index (χ3v) is 4.42. The summed E-state index contributed by atoms with van der Waals surface area (Å²) in [5.41, 5.74) is 4.23. The van der Waals surface area contributed by atoms with Gasteiger partial charge in [-0.2, -0.15) is 4.80 Å². The molecule has 1 heterocycles. The first-order valence-corrected chi connectivity index (χ1v) is 7.40. The van der Waals surface area contributed by atoms with Crippen molar-refractivity contribution in [2.24, 2.45) is 12.9 Å². The van der Waals surface area contributed by atoms with Crippen molar-refractivity contribution in [1.82, 2.24) is 25.6 Å². The van der Waals surface area contributed by atoms with Gasteiger partial charge in [0.1, 0.15) is 0 Å². The van der Waals surface area contributed by atoms with Crippen LogP contribution in [0.15, 0.2) is 30.3 Å². The number of benzene rings is 1. The summed E-state index contributed by atoms with van der Waals surface area (Å²) in [6, 6.07) is 10.6. The molecular formula is C15H24N6. The highest BCUT2D eigenvalue weighted by atomic mass is 15.6. The van der Waals surface area contributed by atoms with Crippen molar-refractivity contribution in [3.05, 3.63) is 41.7 Å². The summed E-state index contributed by atoms with van der Waals surface area (Å²) in [5.74, 6) is 6.58. The second kappa shape index (κ2) is 6.78. The van der Waals surface area contributed by atoms with Gasteiger partial charge < -0.3 is 0 Å². The second-order valence-electron chi connectivity index (χ2n) is 5.35. The van der Waals surface area contributed by atoms with E-state index >= 15 is 0 Å². The molecule has 0 fully saturated rings. The van der Waals surface area contributed by atoms with Gasteiger partial charge in [0.25, 0.3) is 0 Å². The van der Waals surface area contributed by atoms with Crippen LogP contribution in [-0.4, -0.2) is 26.2 Å². The molecule has 114 valence electrons. The molecule has 0 saturated heterocycles. The minimum atomic E-state index is -0.0464. The lowest BCUT2D eigenvalue weighted by Gasteiger charge is -2.39. The van der Waals surface area contributed by atoms with E-state index in [1.165, 1.54) is 10.4 Å². The van der Waals surface area contributed by atoms with Crippen LogP contribution in [0.4, 0.5) is 0 Å². The maximum atomic E-state index is 5.87. The number of rotatable bonds is 7. The van der Waals surface area contributed by atoms with E-state index in [-0.39, 0.29) is 11.5 Å². The number of hydrogen-bond acceptors (Lipinski definition) is 5. The van der Waals surface area contributed by atoms with Crippen molar-refractivity contribution in [3.63, 3.8) is 0 Å². The summed E-state index contributed by atoms with van der Waals surface area (Å²) in [6.07, 6.45) is 2.63. The number of nitrogens with one attached hydrogen (secondary N) is 1. The third-order valence-electron chi connectivity index (χ3n) is 4.42. The van der Waals surface area contributed by atoms with Gasteiger partial charge in [0.05, 0.1) is 7.05 Å². The lowest BCUT2D eigenvalue weighted by atomic mass is 9.69. The van der Waals surface area contributed by atoms with Crippen LogP contribution in [0, 0.1) is 0 Å². The molecule has 21 heavy (non-hydrogen) atoms. The van der Waals surface area contributed by atoms with Gasteiger partial charge in [0.15, 0.2) is 5.82 Å². The molecule has 0 spiro atoms. The summed E-state index contributed by atoms with van der Waals surface area (Å²) < 4.78 is 0. The zero-order chi connectivity index (χ0) is 15.3. The molecule has 0 saturated carbocycles. The van der Waals surface area contributed by atoms with Crippen molar-refractivity contribution in [2.45, 2.75) is 44.6 Å². The highest BCUT2D eigenvalue weighted by Gasteiger charge is 2.37. The number of nitrogens with zero attached hydrogens (tertiary/aromatic N) is 4. The van der Waals surface area contributed by atoms with Crippen molar-refractivity contribution in [2.75, 3.05) is 0 Å². The van der Waals surface area contributed by atoms with Crippen LogP contribution in [0.1, 0.15) is 38.1 Å². The van der Waals surface area contributed by atoms with E-state index in [9.17, 15) is 0 Å². The van der Waals surface area contributed by atoms with Crippen LogP contribution in [-0.2, 0) is 18.9 Å². The third kappa shape index (κ3) is 3.11. The van der Waals surface area contributed by atoms with Crippen molar-refractivity contribution < 1.29 is 0 Å². The lowest BCUT2D eigenvalue weighted by Crippen LogP contribution is -2.52. The van der Waals surface area contributed by atoms with E-state index in [0.29, 0.717) is 12.2 Å². The van der Waals surface area contributed by atoms with E-state index in [0.717, 1.165) is 12.8 Å². The van der Waals surface area contributed by atoms with Crippen LogP contribution in [0.5, 0.6) is 0 Å². The first-order valence-electron chi connectivity index (χ1n) is 7.40. The minimum Gasteiger partial charge on any atom is -0.271 e. The Morgan fingerprint density at radius 1 is 1.24 bits per heavy atom. The standard InChI is InChI=1S/C15H24N6/c1-4-15(5-2,12-9-7-6-8-10-12)13(17-16)11-14-18-20-21(3)19-14/h6-10,13,17H,4-5,11,16H2,1-3H3. The Balaban J connectivity index is 2.34. The molecule has 0 amide bonds. The van der Waals surface area contributed by atoms with Crippen LogP contribution in [0.3, 0.4) is 0 Å². The summed E-state index contributed by atoms with van der Waals surface area (Å²) in [7, 11) is 1.77. The maximum Gasteiger partial charge on any atom is 0.176 e. The fourth-order valence-electron chi connectivity index (χ4n) is 3.12. The maximum absolute atomic E-state index is 5.87. The Hall–Kier alpha value is -1.79. The molecule has 1 atom stereocenters. The molecule has 1 unspecified atom stereocenters. The average Bonchev–Trinajstić information content (AvgIpc) is 2.94. The first kappa shape index (κ1) is 15.6. The van der Waals surface area contributed by atoms with Crippen LogP contribution < -0.4 is 11.3 Å². The van der Waals surface area contributed by atoms with E-state index < -0.39 is 0 Å². The van der Waals surface area contributed by atoms with Crippen LogP contribution >= 0.6 is 0 Å². The quantitative estimate of drug-likeness (QED) is 0.593. The highest BCUT2D eigenvalue weighted by Crippen LogP contribution is 2.36. The molecule has 0 bridgehead atoms. The fraction of sp³-hybridized carbons (Fsp3) is 0.533. The van der Waals surface area contributed by atoms with Gasteiger partial charge >= 0.3 is 0 Å². The largest absolute Gasteiger partial charge is 0.271 e. The molecule has 6 heteroatoms. The zero-order valence-electron chi connectivity index (χ0n) is 13.0. The van der Waals surface area contributed by atoms with E-state index in [4.69, 9.17) is 5.84 Å². The molecule has 0 aliphatic rings. The van der Waals surface area contributed by atoms with Crippen molar-refractivity contribution >= 4 is 0 Å². The summed E-state index contributed by atoms with van der Waals surface area (Å²) >= 11 is 0. The molecule has 6 nitrogen and oxygen atoms in total. The van der Waals surface area contributed by atoms with Gasteiger partial charge in [-0.3, -0.25) is 11.3 Å². The van der Waals surface area contributed by atoms with Gasteiger partial charge in [-0.25, -0.2) is 0 Å². The van der Waals surface area contributed by atoms with E-state index in [2.05, 4.69) is 58.9 Å². The summed E-state index contributed by atoms with van der Waals surface area (Å²) in [5, 5.41) is 12.3. The summed E-state index contributed by atoms with van der Waals surface area (Å²) in [6.45, 7) is 4.40. The smallest absolute Gasteiger partial charge is 0.176 e. The molecular weight excluding hydrogens is 264 g/mol. The average molecular weight is 288 g/mol. The molecule has 0 aliphatic heterocycles. The van der Waals surface area contributed by atoms with Gasteiger partial charge in [-0.1, -0.05) is 44.2 Å². The number of nitrogens with two attached hydrogens (primary N) is 1. The molecule has 0 aliphatic carbocycles. The Morgan fingerprint density at radius 3 is 2.38 bits per heavy atom. The highest BCUT2D eigenvalue weighted by molar-refractivity contribution is 5.28. The van der Waals surface area contributed by atoms with E-state index in [1.54, 1.807) is 7.05 Å². The normalized spacial score (nSPS) is 13.3. The van der Waals surface area contributed by atoms with Gasteiger partial charge in [0, 0.05) is 17.9 Å². The molecule has 2 rings (SSSR count). The molecule has 3 N–H and O–H groups in total. The predicted octanol–water partition coefficient (Wildman–Crippen LogP) is 1.34. The molecule has 1 aromatic heterocycles.